The SMILES string of the molecule is Cc1noc(C)c1S(=O)(=O)N1CCCC(C(=O)c2ccc3c4c(cccc24)CC3)C1. The van der Waals surface area contributed by atoms with Crippen LogP contribution in [0.15, 0.2) is 39.8 Å². The largest absolute Gasteiger partial charge is 0.360 e. The maximum atomic E-state index is 13.5. The molecule has 2 heterocycles. The predicted octanol–water partition coefficient (Wildman–Crippen LogP) is 3.83. The Morgan fingerprint density at radius 2 is 1.90 bits per heavy atom. The van der Waals surface area contributed by atoms with Crippen molar-refractivity contribution in [1.82, 2.24) is 9.46 Å². The number of sulfonamides is 1. The first-order chi connectivity index (χ1) is 14.4. The van der Waals surface area contributed by atoms with E-state index < -0.39 is 10.0 Å². The van der Waals surface area contributed by atoms with E-state index in [-0.39, 0.29) is 28.9 Å². The van der Waals surface area contributed by atoms with E-state index in [9.17, 15) is 13.2 Å². The fourth-order valence-corrected chi connectivity index (χ4v) is 6.84. The number of benzene rings is 2. The lowest BCUT2D eigenvalue weighted by molar-refractivity contribution is 0.0874. The molecule has 1 atom stereocenters. The van der Waals surface area contributed by atoms with E-state index in [0.29, 0.717) is 30.6 Å². The van der Waals surface area contributed by atoms with E-state index >= 15 is 0 Å². The number of hydrogen-bond acceptors (Lipinski definition) is 5. The highest BCUT2D eigenvalue weighted by molar-refractivity contribution is 7.89. The molecule has 5 rings (SSSR count). The third-order valence-corrected chi connectivity index (χ3v) is 8.57. The lowest BCUT2D eigenvalue weighted by Crippen LogP contribution is -2.42. The Bertz CT molecular complexity index is 1250. The fraction of sp³-hybridized carbons (Fsp3) is 0.391. The van der Waals surface area contributed by atoms with Crippen LogP contribution >= 0.6 is 0 Å². The number of aromatic nitrogens is 1. The monoisotopic (exact) mass is 424 g/mol. The molecule has 0 saturated carbocycles. The molecule has 0 bridgehead atoms. The topological polar surface area (TPSA) is 80.5 Å². The number of carbonyl (C=O) groups excluding carboxylic acids is 1. The number of rotatable bonds is 4. The number of Topliss-reactive ketones (excluding diaryl/α,β-unsaturated/α-hetero) is 1. The molecule has 30 heavy (non-hydrogen) atoms. The van der Waals surface area contributed by atoms with Gasteiger partial charge in [-0.2, -0.15) is 4.31 Å². The van der Waals surface area contributed by atoms with Crippen molar-refractivity contribution in [3.8, 4) is 0 Å². The van der Waals surface area contributed by atoms with Crippen LogP contribution in [-0.4, -0.2) is 36.8 Å². The van der Waals surface area contributed by atoms with E-state index in [1.54, 1.807) is 13.8 Å². The highest BCUT2D eigenvalue weighted by Gasteiger charge is 2.37. The molecule has 6 nitrogen and oxygen atoms in total. The highest BCUT2D eigenvalue weighted by Crippen LogP contribution is 2.35. The van der Waals surface area contributed by atoms with Crippen LogP contribution in [0.1, 0.15) is 45.8 Å². The van der Waals surface area contributed by atoms with Gasteiger partial charge in [-0.15, -0.1) is 0 Å². The van der Waals surface area contributed by atoms with Gasteiger partial charge in [0.25, 0.3) is 0 Å². The van der Waals surface area contributed by atoms with Crippen molar-refractivity contribution < 1.29 is 17.7 Å². The molecule has 1 fully saturated rings. The zero-order chi connectivity index (χ0) is 21.0. The minimum absolute atomic E-state index is 0.0317. The van der Waals surface area contributed by atoms with Gasteiger partial charge in [-0.05, 0) is 61.4 Å². The lowest BCUT2D eigenvalue weighted by Gasteiger charge is -2.31. The maximum absolute atomic E-state index is 13.5. The zero-order valence-corrected chi connectivity index (χ0v) is 18.0. The molecule has 7 heteroatoms. The van der Waals surface area contributed by atoms with Crippen LogP contribution in [0.25, 0.3) is 10.8 Å². The summed E-state index contributed by atoms with van der Waals surface area (Å²) >= 11 is 0. The van der Waals surface area contributed by atoms with Crippen LogP contribution in [0.5, 0.6) is 0 Å². The first kappa shape index (κ1) is 19.5. The average Bonchev–Trinajstić information content (AvgIpc) is 3.32. The molecule has 1 unspecified atom stereocenters. The third kappa shape index (κ3) is 2.91. The van der Waals surface area contributed by atoms with Gasteiger partial charge in [-0.3, -0.25) is 4.79 Å². The Labute approximate surface area is 175 Å². The van der Waals surface area contributed by atoms with Crippen molar-refractivity contribution in [2.75, 3.05) is 13.1 Å². The number of hydrogen-bond donors (Lipinski definition) is 0. The van der Waals surface area contributed by atoms with E-state index in [1.165, 1.54) is 20.8 Å². The van der Waals surface area contributed by atoms with Gasteiger partial charge in [-0.25, -0.2) is 8.42 Å². The predicted molar refractivity (Wildman–Crippen MR) is 113 cm³/mol. The second-order valence-electron chi connectivity index (χ2n) is 8.33. The normalized spacial score (nSPS) is 19.5. The van der Waals surface area contributed by atoms with Gasteiger partial charge in [0, 0.05) is 24.6 Å². The van der Waals surface area contributed by atoms with Crippen LogP contribution < -0.4 is 0 Å². The van der Waals surface area contributed by atoms with Crippen molar-refractivity contribution in [2.45, 2.75) is 44.4 Å². The minimum Gasteiger partial charge on any atom is -0.360 e. The molecule has 156 valence electrons. The van der Waals surface area contributed by atoms with Gasteiger partial charge >= 0.3 is 0 Å². The summed E-state index contributed by atoms with van der Waals surface area (Å²) in [5.41, 5.74) is 3.65. The molecule has 2 aliphatic rings. The van der Waals surface area contributed by atoms with Crippen molar-refractivity contribution >= 4 is 26.6 Å². The van der Waals surface area contributed by atoms with E-state index in [0.717, 1.165) is 18.2 Å². The number of ketones is 1. The molecule has 0 spiro atoms. The number of aryl methyl sites for hydroxylation is 4. The van der Waals surface area contributed by atoms with Crippen LogP contribution in [0.4, 0.5) is 0 Å². The van der Waals surface area contributed by atoms with Gasteiger partial charge in [0.2, 0.25) is 10.0 Å². The average molecular weight is 425 g/mol. The summed E-state index contributed by atoms with van der Waals surface area (Å²) in [5.74, 6) is -0.0369. The maximum Gasteiger partial charge on any atom is 0.248 e. The van der Waals surface area contributed by atoms with Crippen LogP contribution in [-0.2, 0) is 22.9 Å². The zero-order valence-electron chi connectivity index (χ0n) is 17.1. The molecule has 1 aliphatic heterocycles. The Balaban J connectivity index is 1.48. The first-order valence-corrected chi connectivity index (χ1v) is 11.8. The molecule has 1 aliphatic carbocycles. The Morgan fingerprint density at radius 3 is 2.63 bits per heavy atom. The Kier molecular flexibility index (Phi) is 4.56. The van der Waals surface area contributed by atoms with Crippen LogP contribution in [0.2, 0.25) is 0 Å². The van der Waals surface area contributed by atoms with Crippen LogP contribution in [0.3, 0.4) is 0 Å². The van der Waals surface area contributed by atoms with E-state index in [2.05, 4.69) is 17.3 Å². The Morgan fingerprint density at radius 1 is 1.13 bits per heavy atom. The summed E-state index contributed by atoms with van der Waals surface area (Å²) in [4.78, 5) is 13.6. The number of carbonyl (C=O) groups is 1. The molecular weight excluding hydrogens is 400 g/mol. The van der Waals surface area contributed by atoms with Crippen LogP contribution in [0, 0.1) is 19.8 Å². The fourth-order valence-electron chi connectivity index (χ4n) is 5.03. The van der Waals surface area contributed by atoms with Crippen molar-refractivity contribution in [3.63, 3.8) is 0 Å². The molecule has 2 aromatic carbocycles. The minimum atomic E-state index is -3.75. The number of nitrogens with zero attached hydrogens (tertiary/aromatic N) is 2. The molecule has 1 saturated heterocycles. The van der Waals surface area contributed by atoms with Gasteiger partial charge in [0.15, 0.2) is 11.5 Å². The van der Waals surface area contributed by atoms with E-state index in [4.69, 9.17) is 4.52 Å². The molecule has 0 N–H and O–H groups in total. The molecule has 0 amide bonds. The summed E-state index contributed by atoms with van der Waals surface area (Å²) in [6.45, 7) is 3.82. The van der Waals surface area contributed by atoms with Gasteiger partial charge in [0.1, 0.15) is 10.6 Å². The summed E-state index contributed by atoms with van der Waals surface area (Å²) in [7, 11) is -3.75. The number of piperidine rings is 1. The lowest BCUT2D eigenvalue weighted by atomic mass is 9.88. The second kappa shape index (κ2) is 7.03. The summed E-state index contributed by atoms with van der Waals surface area (Å²) in [6.07, 6.45) is 3.37. The highest BCUT2D eigenvalue weighted by atomic mass is 32.2. The summed E-state index contributed by atoms with van der Waals surface area (Å²) in [6, 6.07) is 10.1. The standard InChI is InChI=1S/C23H24N2O4S/c1-14-23(15(2)29-24-14)30(27,28)25-12-4-6-18(13-25)22(26)20-11-10-17-9-8-16-5-3-7-19(20)21(16)17/h3,5,7,10-11,18H,4,6,8-9,12-13H2,1-2H3. The van der Waals surface area contributed by atoms with Crippen molar-refractivity contribution in [3.05, 3.63) is 58.5 Å². The van der Waals surface area contributed by atoms with Gasteiger partial charge < -0.3 is 4.52 Å². The van der Waals surface area contributed by atoms with Crippen molar-refractivity contribution in [2.24, 2.45) is 5.92 Å². The molecule has 3 aromatic rings. The van der Waals surface area contributed by atoms with Gasteiger partial charge in [0.05, 0.1) is 0 Å². The van der Waals surface area contributed by atoms with Gasteiger partial charge in [-0.1, -0.05) is 35.5 Å². The molecular formula is C23H24N2O4S. The van der Waals surface area contributed by atoms with E-state index in [1.807, 2.05) is 18.2 Å². The molecule has 1 aromatic heterocycles. The third-order valence-electron chi connectivity index (χ3n) is 6.46. The van der Waals surface area contributed by atoms with Crippen molar-refractivity contribution in [1.29, 1.82) is 0 Å². The smallest absolute Gasteiger partial charge is 0.248 e. The second-order valence-corrected chi connectivity index (χ2v) is 10.2. The quantitative estimate of drug-likeness (QED) is 0.595. The Hall–Kier alpha value is -2.51. The molecule has 0 radical (unpaired) electrons. The summed E-state index contributed by atoms with van der Waals surface area (Å²) < 4.78 is 32.9. The summed E-state index contributed by atoms with van der Waals surface area (Å²) in [5, 5.41) is 5.99. The first-order valence-electron chi connectivity index (χ1n) is 10.4.